The Morgan fingerprint density at radius 1 is 1.10 bits per heavy atom. The third-order valence-electron chi connectivity index (χ3n) is 5.80. The van der Waals surface area contributed by atoms with Crippen LogP contribution < -0.4 is 10.6 Å². The van der Waals surface area contributed by atoms with E-state index in [0.29, 0.717) is 12.6 Å². The summed E-state index contributed by atoms with van der Waals surface area (Å²) in [5, 5.41) is 16.7. The van der Waals surface area contributed by atoms with E-state index in [0.717, 1.165) is 57.8 Å². The van der Waals surface area contributed by atoms with Gasteiger partial charge in [-0.25, -0.2) is 4.99 Å². The quantitative estimate of drug-likeness (QED) is 0.299. The summed E-state index contributed by atoms with van der Waals surface area (Å²) in [4.78, 5) is 7.35. The molecule has 1 saturated carbocycles. The monoisotopic (exact) mass is 530 g/mol. The second kappa shape index (κ2) is 12.8. The largest absolute Gasteiger partial charge is 0.393 e. The fraction of sp³-hybridized carbons (Fsp3) is 0.696. The molecule has 170 valence electrons. The van der Waals surface area contributed by atoms with Crippen molar-refractivity contribution in [2.45, 2.75) is 83.9 Å². The Morgan fingerprint density at radius 2 is 1.73 bits per heavy atom. The number of aliphatic imine (C=N–C) groups is 1. The molecule has 3 rings (SSSR count). The first kappa shape index (κ1) is 25.4. The van der Waals surface area contributed by atoms with Gasteiger partial charge in [0.1, 0.15) is 0 Å². The smallest absolute Gasteiger partial charge is 0.191 e. The second-order valence-electron chi connectivity index (χ2n) is 8.57. The molecular formula is C23H39IN4O2. The molecule has 0 aromatic heterocycles. The number of ether oxygens (including phenoxy) is 1. The number of morpholine rings is 1. The van der Waals surface area contributed by atoms with Gasteiger partial charge in [0.25, 0.3) is 0 Å². The van der Waals surface area contributed by atoms with Crippen LogP contribution in [0.4, 0.5) is 0 Å². The molecule has 0 amide bonds. The molecule has 0 radical (unpaired) electrons. The standard InChI is InChI=1S/C23H38N4O2.HI/c1-4-24-23(26-21-9-11-22(28)12-10-21)25-13-19-7-5-6-8-20(19)16-27-14-17(2)29-18(3)15-27;/h5-8,17-18,21-22,28H,4,9-16H2,1-3H3,(H2,24,25,26);1H. The molecule has 2 unspecified atom stereocenters. The van der Waals surface area contributed by atoms with Gasteiger partial charge in [0.05, 0.1) is 24.9 Å². The van der Waals surface area contributed by atoms with Gasteiger partial charge in [-0.2, -0.15) is 0 Å². The SMILES string of the molecule is CCNC(=NCc1ccccc1CN1CC(C)OC(C)C1)NC1CCC(O)CC1.I. The predicted molar refractivity (Wildman–Crippen MR) is 133 cm³/mol. The van der Waals surface area contributed by atoms with E-state index in [9.17, 15) is 5.11 Å². The summed E-state index contributed by atoms with van der Waals surface area (Å²) >= 11 is 0. The van der Waals surface area contributed by atoms with E-state index in [2.05, 4.69) is 60.6 Å². The van der Waals surface area contributed by atoms with Crippen molar-refractivity contribution < 1.29 is 9.84 Å². The molecule has 1 heterocycles. The van der Waals surface area contributed by atoms with Crippen molar-refractivity contribution in [2.24, 2.45) is 4.99 Å². The van der Waals surface area contributed by atoms with Crippen LogP contribution in [-0.2, 0) is 17.8 Å². The summed E-state index contributed by atoms with van der Waals surface area (Å²) in [7, 11) is 0. The average Bonchev–Trinajstić information content (AvgIpc) is 2.68. The number of hydrogen-bond donors (Lipinski definition) is 3. The van der Waals surface area contributed by atoms with Crippen LogP contribution >= 0.6 is 24.0 Å². The van der Waals surface area contributed by atoms with Gasteiger partial charge in [-0.05, 0) is 57.6 Å². The molecule has 1 aromatic carbocycles. The van der Waals surface area contributed by atoms with Gasteiger partial charge in [0, 0.05) is 32.2 Å². The highest BCUT2D eigenvalue weighted by Crippen LogP contribution is 2.19. The molecule has 6 nitrogen and oxygen atoms in total. The fourth-order valence-corrected chi connectivity index (χ4v) is 4.42. The molecule has 0 bridgehead atoms. The van der Waals surface area contributed by atoms with Crippen LogP contribution in [0.15, 0.2) is 29.3 Å². The summed E-state index contributed by atoms with van der Waals surface area (Å²) in [6.07, 6.45) is 4.16. The van der Waals surface area contributed by atoms with E-state index < -0.39 is 0 Å². The number of guanidine groups is 1. The Morgan fingerprint density at radius 3 is 2.37 bits per heavy atom. The molecule has 1 aliphatic heterocycles. The maximum atomic E-state index is 9.73. The Labute approximate surface area is 198 Å². The molecule has 30 heavy (non-hydrogen) atoms. The second-order valence-corrected chi connectivity index (χ2v) is 8.57. The van der Waals surface area contributed by atoms with Crippen molar-refractivity contribution in [1.29, 1.82) is 0 Å². The molecule has 2 aliphatic rings. The van der Waals surface area contributed by atoms with Crippen molar-refractivity contribution >= 4 is 29.9 Å². The average molecular weight is 530 g/mol. The van der Waals surface area contributed by atoms with Crippen LogP contribution in [0.3, 0.4) is 0 Å². The highest BCUT2D eigenvalue weighted by atomic mass is 127. The topological polar surface area (TPSA) is 69.1 Å². The van der Waals surface area contributed by atoms with Gasteiger partial charge in [-0.3, -0.25) is 4.90 Å². The van der Waals surface area contributed by atoms with Gasteiger partial charge < -0.3 is 20.5 Å². The highest BCUT2D eigenvalue weighted by molar-refractivity contribution is 14.0. The first-order valence-electron chi connectivity index (χ1n) is 11.2. The molecule has 1 aromatic rings. The van der Waals surface area contributed by atoms with Crippen LogP contribution in [-0.4, -0.2) is 60.0 Å². The molecule has 1 saturated heterocycles. The first-order valence-corrected chi connectivity index (χ1v) is 11.2. The molecule has 1 aliphatic carbocycles. The Kier molecular flexibility index (Phi) is 10.8. The van der Waals surface area contributed by atoms with Gasteiger partial charge in [-0.1, -0.05) is 24.3 Å². The maximum absolute atomic E-state index is 9.73. The van der Waals surface area contributed by atoms with Crippen LogP contribution in [0.5, 0.6) is 0 Å². The van der Waals surface area contributed by atoms with Crippen molar-refractivity contribution in [3.8, 4) is 0 Å². The number of aliphatic hydroxyl groups excluding tert-OH is 1. The van der Waals surface area contributed by atoms with Crippen molar-refractivity contribution in [1.82, 2.24) is 15.5 Å². The number of nitrogens with one attached hydrogen (secondary N) is 2. The van der Waals surface area contributed by atoms with Gasteiger partial charge in [0.2, 0.25) is 0 Å². The molecule has 2 atom stereocenters. The van der Waals surface area contributed by atoms with Crippen molar-refractivity contribution in [3.05, 3.63) is 35.4 Å². The zero-order valence-corrected chi connectivity index (χ0v) is 21.0. The Bertz CT molecular complexity index is 654. The molecule has 0 spiro atoms. The molecular weight excluding hydrogens is 491 g/mol. The number of halogens is 1. The minimum Gasteiger partial charge on any atom is -0.393 e. The third-order valence-corrected chi connectivity index (χ3v) is 5.80. The third kappa shape index (κ3) is 7.98. The van der Waals surface area contributed by atoms with E-state index in [1.807, 2.05) is 0 Å². The lowest BCUT2D eigenvalue weighted by Gasteiger charge is -2.35. The minimum absolute atomic E-state index is 0. The summed E-state index contributed by atoms with van der Waals surface area (Å²) in [6.45, 7) is 10.8. The van der Waals surface area contributed by atoms with E-state index in [1.54, 1.807) is 0 Å². The van der Waals surface area contributed by atoms with Crippen LogP contribution in [0, 0.1) is 0 Å². The van der Waals surface area contributed by atoms with Crippen LogP contribution in [0.1, 0.15) is 57.6 Å². The number of aliphatic hydroxyl groups is 1. The predicted octanol–water partition coefficient (Wildman–Crippen LogP) is 3.27. The van der Waals surface area contributed by atoms with Crippen LogP contribution in [0.25, 0.3) is 0 Å². The lowest BCUT2D eigenvalue weighted by atomic mass is 9.93. The summed E-state index contributed by atoms with van der Waals surface area (Å²) < 4.78 is 5.87. The number of rotatable bonds is 6. The van der Waals surface area contributed by atoms with E-state index in [-0.39, 0.29) is 42.3 Å². The Balaban J connectivity index is 0.00000320. The normalized spacial score (nSPS) is 27.9. The lowest BCUT2D eigenvalue weighted by molar-refractivity contribution is -0.0705. The van der Waals surface area contributed by atoms with Crippen molar-refractivity contribution in [2.75, 3.05) is 19.6 Å². The molecule has 2 fully saturated rings. The molecule has 7 heteroatoms. The zero-order valence-electron chi connectivity index (χ0n) is 18.6. The Hall–Kier alpha value is -0.900. The summed E-state index contributed by atoms with van der Waals surface area (Å²) in [5.74, 6) is 0.873. The fourth-order valence-electron chi connectivity index (χ4n) is 4.42. The van der Waals surface area contributed by atoms with Crippen molar-refractivity contribution in [3.63, 3.8) is 0 Å². The summed E-state index contributed by atoms with van der Waals surface area (Å²) in [6, 6.07) is 9.02. The highest BCUT2D eigenvalue weighted by Gasteiger charge is 2.23. The van der Waals surface area contributed by atoms with Gasteiger partial charge in [-0.15, -0.1) is 24.0 Å². The first-order chi connectivity index (χ1) is 14.0. The van der Waals surface area contributed by atoms with E-state index in [4.69, 9.17) is 9.73 Å². The zero-order chi connectivity index (χ0) is 20.6. The maximum Gasteiger partial charge on any atom is 0.191 e. The summed E-state index contributed by atoms with van der Waals surface area (Å²) in [5.41, 5.74) is 2.62. The van der Waals surface area contributed by atoms with Gasteiger partial charge >= 0.3 is 0 Å². The number of nitrogens with zero attached hydrogens (tertiary/aromatic N) is 2. The van der Waals surface area contributed by atoms with Crippen LogP contribution in [0.2, 0.25) is 0 Å². The van der Waals surface area contributed by atoms with E-state index >= 15 is 0 Å². The number of benzene rings is 1. The number of hydrogen-bond acceptors (Lipinski definition) is 4. The minimum atomic E-state index is -0.134. The van der Waals surface area contributed by atoms with E-state index in [1.165, 1.54) is 11.1 Å². The van der Waals surface area contributed by atoms with Gasteiger partial charge in [0.15, 0.2) is 5.96 Å². The molecule has 3 N–H and O–H groups in total. The lowest BCUT2D eigenvalue weighted by Crippen LogP contribution is -2.45.